The van der Waals surface area contributed by atoms with Gasteiger partial charge in [-0.2, -0.15) is 0 Å². The van der Waals surface area contributed by atoms with Crippen molar-refractivity contribution in [2.45, 2.75) is 6.54 Å². The van der Waals surface area contributed by atoms with E-state index in [9.17, 15) is 0 Å². The summed E-state index contributed by atoms with van der Waals surface area (Å²) in [4.78, 5) is 6.09. The second-order valence-corrected chi connectivity index (χ2v) is 3.38. The molecule has 1 aromatic carbocycles. The Bertz CT molecular complexity index is 304. The number of aliphatic imine (C=N–C) groups is 1. The monoisotopic (exact) mass is 206 g/mol. The van der Waals surface area contributed by atoms with Crippen LogP contribution >= 0.6 is 12.2 Å². The van der Waals surface area contributed by atoms with Crippen molar-refractivity contribution in [3.63, 3.8) is 0 Å². The van der Waals surface area contributed by atoms with Crippen molar-refractivity contribution in [2.24, 2.45) is 4.99 Å². The fraction of sp³-hybridized carbons (Fsp3) is 0.364. The summed E-state index contributed by atoms with van der Waals surface area (Å²) in [5.41, 5.74) is 1.32. The molecule has 0 N–H and O–H groups in total. The van der Waals surface area contributed by atoms with Gasteiger partial charge in [0.05, 0.1) is 11.7 Å². The maximum Gasteiger partial charge on any atom is 0.0620 e. The number of nitrogens with zero attached hydrogens (tertiary/aromatic N) is 2. The number of benzene rings is 1. The van der Waals surface area contributed by atoms with E-state index in [0.29, 0.717) is 0 Å². The van der Waals surface area contributed by atoms with Crippen molar-refractivity contribution in [2.75, 3.05) is 20.1 Å². The van der Waals surface area contributed by atoms with Crippen LogP contribution < -0.4 is 0 Å². The Morgan fingerprint density at radius 1 is 1.36 bits per heavy atom. The first-order valence-corrected chi connectivity index (χ1v) is 5.00. The average Bonchev–Trinajstić information content (AvgIpc) is 2.20. The van der Waals surface area contributed by atoms with Crippen LogP contribution in [0.2, 0.25) is 0 Å². The maximum absolute atomic E-state index is 4.50. The lowest BCUT2D eigenvalue weighted by atomic mass is 10.2. The normalized spacial score (nSPS) is 9.86. The highest BCUT2D eigenvalue weighted by Crippen LogP contribution is 2.01. The Hall–Kier alpha value is -1.02. The first-order valence-electron chi connectivity index (χ1n) is 4.59. The zero-order chi connectivity index (χ0) is 10.2. The van der Waals surface area contributed by atoms with E-state index < -0.39 is 0 Å². The Kier molecular flexibility index (Phi) is 5.08. The molecule has 0 aromatic heterocycles. The summed E-state index contributed by atoms with van der Waals surface area (Å²) >= 11 is 4.50. The molecule has 0 radical (unpaired) electrons. The van der Waals surface area contributed by atoms with Gasteiger partial charge in [0.1, 0.15) is 0 Å². The number of rotatable bonds is 5. The average molecular weight is 206 g/mol. The van der Waals surface area contributed by atoms with E-state index in [0.717, 1.165) is 19.6 Å². The standard InChI is InChI=1S/C11H14N2S/c1-13(8-7-12-10-14)9-11-5-3-2-4-6-11/h2-6H,7-9H2,1H3. The number of isothiocyanates is 1. The van der Waals surface area contributed by atoms with Gasteiger partial charge < -0.3 is 4.90 Å². The van der Waals surface area contributed by atoms with Gasteiger partial charge in [-0.05, 0) is 24.8 Å². The fourth-order valence-corrected chi connectivity index (χ4v) is 1.33. The second kappa shape index (κ2) is 6.44. The second-order valence-electron chi connectivity index (χ2n) is 3.20. The third-order valence-electron chi connectivity index (χ3n) is 1.95. The summed E-state index contributed by atoms with van der Waals surface area (Å²) in [6.07, 6.45) is 0. The summed E-state index contributed by atoms with van der Waals surface area (Å²) in [5.74, 6) is 0. The lowest BCUT2D eigenvalue weighted by Gasteiger charge is -2.14. The summed E-state index contributed by atoms with van der Waals surface area (Å²) in [7, 11) is 2.08. The van der Waals surface area contributed by atoms with Gasteiger partial charge in [0.2, 0.25) is 0 Å². The molecule has 2 nitrogen and oxygen atoms in total. The molecular formula is C11H14N2S. The van der Waals surface area contributed by atoms with Crippen molar-refractivity contribution in [3.8, 4) is 0 Å². The lowest BCUT2D eigenvalue weighted by molar-refractivity contribution is 0.337. The first kappa shape index (κ1) is 11.1. The highest BCUT2D eigenvalue weighted by Gasteiger charge is 1.97. The van der Waals surface area contributed by atoms with Crippen molar-refractivity contribution in [3.05, 3.63) is 35.9 Å². The summed E-state index contributed by atoms with van der Waals surface area (Å²) < 4.78 is 0. The number of hydrogen-bond acceptors (Lipinski definition) is 3. The van der Waals surface area contributed by atoms with Crippen LogP contribution in [-0.2, 0) is 6.54 Å². The van der Waals surface area contributed by atoms with Gasteiger partial charge in [-0.15, -0.1) is 0 Å². The summed E-state index contributed by atoms with van der Waals surface area (Å²) in [6, 6.07) is 10.4. The van der Waals surface area contributed by atoms with Crippen LogP contribution in [0.3, 0.4) is 0 Å². The van der Waals surface area contributed by atoms with Crippen LogP contribution in [0.1, 0.15) is 5.56 Å². The fourth-order valence-electron chi connectivity index (χ4n) is 1.24. The molecule has 0 atom stereocenters. The molecule has 0 bridgehead atoms. The molecule has 3 heteroatoms. The maximum atomic E-state index is 4.50. The Morgan fingerprint density at radius 2 is 2.07 bits per heavy atom. The Morgan fingerprint density at radius 3 is 2.71 bits per heavy atom. The zero-order valence-electron chi connectivity index (χ0n) is 8.31. The molecule has 14 heavy (non-hydrogen) atoms. The highest BCUT2D eigenvalue weighted by molar-refractivity contribution is 7.78. The zero-order valence-corrected chi connectivity index (χ0v) is 9.13. The van der Waals surface area contributed by atoms with Gasteiger partial charge in [-0.1, -0.05) is 30.3 Å². The summed E-state index contributed by atoms with van der Waals surface area (Å²) in [6.45, 7) is 2.60. The van der Waals surface area contributed by atoms with Crippen LogP contribution in [0.25, 0.3) is 0 Å². The van der Waals surface area contributed by atoms with Crippen molar-refractivity contribution in [1.82, 2.24) is 4.90 Å². The van der Waals surface area contributed by atoms with Gasteiger partial charge in [0.15, 0.2) is 0 Å². The third-order valence-corrected chi connectivity index (χ3v) is 2.08. The van der Waals surface area contributed by atoms with E-state index >= 15 is 0 Å². The van der Waals surface area contributed by atoms with Gasteiger partial charge in [0, 0.05) is 13.1 Å². The molecule has 0 saturated carbocycles. The minimum Gasteiger partial charge on any atom is -0.300 e. The minimum absolute atomic E-state index is 0.729. The largest absolute Gasteiger partial charge is 0.300 e. The van der Waals surface area contributed by atoms with Crippen LogP contribution in [0.4, 0.5) is 0 Å². The molecule has 1 rings (SSSR count). The molecular weight excluding hydrogens is 192 g/mol. The molecule has 0 unspecified atom stereocenters. The van der Waals surface area contributed by atoms with E-state index in [1.54, 1.807) is 0 Å². The highest BCUT2D eigenvalue weighted by atomic mass is 32.1. The minimum atomic E-state index is 0.729. The van der Waals surface area contributed by atoms with Gasteiger partial charge >= 0.3 is 0 Å². The first-order chi connectivity index (χ1) is 6.83. The molecule has 0 aliphatic heterocycles. The Balaban J connectivity index is 2.33. The van der Waals surface area contributed by atoms with Gasteiger partial charge in [-0.25, -0.2) is 4.99 Å². The topological polar surface area (TPSA) is 15.6 Å². The molecule has 0 fully saturated rings. The van der Waals surface area contributed by atoms with Crippen molar-refractivity contribution >= 4 is 17.4 Å². The van der Waals surface area contributed by atoms with E-state index in [1.807, 2.05) is 6.07 Å². The summed E-state index contributed by atoms with van der Waals surface area (Å²) in [5, 5.41) is 2.37. The molecule has 0 saturated heterocycles. The number of thiocarbonyl (C=S) groups is 1. The smallest absolute Gasteiger partial charge is 0.0620 e. The Labute approximate surface area is 90.3 Å². The quantitative estimate of drug-likeness (QED) is 0.542. The molecule has 74 valence electrons. The number of likely N-dealkylation sites (N-methyl/N-ethyl adjacent to an activating group) is 1. The molecule has 0 aliphatic rings. The van der Waals surface area contributed by atoms with Crippen molar-refractivity contribution in [1.29, 1.82) is 0 Å². The van der Waals surface area contributed by atoms with E-state index in [-0.39, 0.29) is 0 Å². The SMILES string of the molecule is CN(CCN=C=S)Cc1ccccc1. The van der Waals surface area contributed by atoms with Gasteiger partial charge in [0.25, 0.3) is 0 Å². The molecule has 0 amide bonds. The van der Waals surface area contributed by atoms with Crippen molar-refractivity contribution < 1.29 is 0 Å². The molecule has 0 spiro atoms. The van der Waals surface area contributed by atoms with E-state index in [4.69, 9.17) is 0 Å². The van der Waals surface area contributed by atoms with E-state index in [1.165, 1.54) is 5.56 Å². The molecule has 1 aromatic rings. The number of hydrogen-bond donors (Lipinski definition) is 0. The van der Waals surface area contributed by atoms with Crippen LogP contribution in [0, 0.1) is 0 Å². The lowest BCUT2D eigenvalue weighted by Crippen LogP contribution is -2.20. The van der Waals surface area contributed by atoms with Gasteiger partial charge in [-0.3, -0.25) is 0 Å². The predicted molar refractivity (Wildman–Crippen MR) is 62.7 cm³/mol. The van der Waals surface area contributed by atoms with Crippen LogP contribution in [0.5, 0.6) is 0 Å². The molecule has 0 aliphatic carbocycles. The van der Waals surface area contributed by atoms with E-state index in [2.05, 4.69) is 58.6 Å². The van der Waals surface area contributed by atoms with Crippen LogP contribution in [-0.4, -0.2) is 30.2 Å². The third kappa shape index (κ3) is 4.28. The molecule has 0 heterocycles. The predicted octanol–water partition coefficient (Wildman–Crippen LogP) is 2.22. The van der Waals surface area contributed by atoms with Crippen LogP contribution in [0.15, 0.2) is 35.3 Å².